The SMILES string of the molecule is N[C@@H]1CC[C@H](C(=O)NCCCF)C1. The lowest BCUT2D eigenvalue weighted by Gasteiger charge is -2.09. The van der Waals surface area contributed by atoms with E-state index in [-0.39, 0.29) is 24.5 Å². The van der Waals surface area contributed by atoms with Gasteiger partial charge in [0.2, 0.25) is 5.91 Å². The van der Waals surface area contributed by atoms with Crippen LogP contribution < -0.4 is 11.1 Å². The molecule has 3 N–H and O–H groups in total. The molecule has 0 bridgehead atoms. The first kappa shape index (κ1) is 10.4. The van der Waals surface area contributed by atoms with Crippen molar-refractivity contribution < 1.29 is 9.18 Å². The van der Waals surface area contributed by atoms with Crippen molar-refractivity contribution in [2.24, 2.45) is 11.7 Å². The zero-order valence-electron chi connectivity index (χ0n) is 7.76. The van der Waals surface area contributed by atoms with Gasteiger partial charge in [0, 0.05) is 18.5 Å². The Kier molecular flexibility index (Phi) is 4.15. The van der Waals surface area contributed by atoms with Crippen molar-refractivity contribution in [3.05, 3.63) is 0 Å². The topological polar surface area (TPSA) is 55.1 Å². The third-order valence-corrected chi connectivity index (χ3v) is 2.45. The number of carbonyl (C=O) groups excluding carboxylic acids is 1. The molecule has 2 atom stereocenters. The van der Waals surface area contributed by atoms with Crippen LogP contribution in [0.2, 0.25) is 0 Å². The number of nitrogens with one attached hydrogen (secondary N) is 1. The summed E-state index contributed by atoms with van der Waals surface area (Å²) in [7, 11) is 0. The van der Waals surface area contributed by atoms with Gasteiger partial charge in [-0.25, -0.2) is 0 Å². The number of hydrogen-bond donors (Lipinski definition) is 2. The van der Waals surface area contributed by atoms with Gasteiger partial charge in [-0.05, 0) is 25.7 Å². The molecule has 1 saturated carbocycles. The predicted octanol–water partition coefficient (Wildman–Crippen LogP) is 0.590. The van der Waals surface area contributed by atoms with Gasteiger partial charge < -0.3 is 11.1 Å². The van der Waals surface area contributed by atoms with Gasteiger partial charge in [-0.3, -0.25) is 9.18 Å². The number of alkyl halides is 1. The summed E-state index contributed by atoms with van der Waals surface area (Å²) in [4.78, 5) is 11.4. The number of amides is 1. The van der Waals surface area contributed by atoms with Crippen LogP contribution in [-0.4, -0.2) is 25.2 Å². The summed E-state index contributed by atoms with van der Waals surface area (Å²) in [6, 6.07) is 0.178. The van der Waals surface area contributed by atoms with E-state index >= 15 is 0 Å². The highest BCUT2D eigenvalue weighted by molar-refractivity contribution is 5.78. The van der Waals surface area contributed by atoms with E-state index in [2.05, 4.69) is 5.32 Å². The Labute approximate surface area is 77.9 Å². The van der Waals surface area contributed by atoms with Crippen molar-refractivity contribution in [1.82, 2.24) is 5.32 Å². The normalized spacial score (nSPS) is 27.5. The standard InChI is InChI=1S/C9H17FN2O/c10-4-1-5-12-9(13)7-2-3-8(11)6-7/h7-8H,1-6,11H2,(H,12,13)/t7-,8+/m0/s1. The van der Waals surface area contributed by atoms with E-state index < -0.39 is 0 Å². The van der Waals surface area contributed by atoms with Crippen LogP contribution in [0.5, 0.6) is 0 Å². The lowest BCUT2D eigenvalue weighted by molar-refractivity contribution is -0.124. The molecule has 0 aromatic rings. The Hall–Kier alpha value is -0.640. The van der Waals surface area contributed by atoms with E-state index in [0.717, 1.165) is 19.3 Å². The van der Waals surface area contributed by atoms with E-state index in [1.54, 1.807) is 0 Å². The second-order valence-corrected chi connectivity index (χ2v) is 3.60. The fourth-order valence-electron chi connectivity index (χ4n) is 1.68. The van der Waals surface area contributed by atoms with Crippen molar-refractivity contribution >= 4 is 5.91 Å². The van der Waals surface area contributed by atoms with Gasteiger partial charge in [0.05, 0.1) is 6.67 Å². The van der Waals surface area contributed by atoms with Gasteiger partial charge in [0.15, 0.2) is 0 Å². The number of rotatable bonds is 4. The van der Waals surface area contributed by atoms with Crippen LogP contribution in [0.3, 0.4) is 0 Å². The first-order valence-corrected chi connectivity index (χ1v) is 4.83. The zero-order chi connectivity index (χ0) is 9.68. The first-order valence-electron chi connectivity index (χ1n) is 4.83. The van der Waals surface area contributed by atoms with Crippen LogP contribution in [0, 0.1) is 5.92 Å². The van der Waals surface area contributed by atoms with Gasteiger partial charge in [-0.2, -0.15) is 0 Å². The summed E-state index contributed by atoms with van der Waals surface area (Å²) in [6.07, 6.45) is 3.00. The molecular formula is C9H17FN2O. The summed E-state index contributed by atoms with van der Waals surface area (Å²) < 4.78 is 11.7. The number of nitrogens with two attached hydrogens (primary N) is 1. The molecule has 0 aromatic heterocycles. The second kappa shape index (κ2) is 5.17. The molecule has 1 rings (SSSR count). The summed E-state index contributed by atoms with van der Waals surface area (Å²) in [5.41, 5.74) is 5.68. The molecule has 1 fully saturated rings. The highest BCUT2D eigenvalue weighted by Gasteiger charge is 2.27. The molecule has 0 unspecified atom stereocenters. The molecule has 3 nitrogen and oxygen atoms in total. The van der Waals surface area contributed by atoms with Gasteiger partial charge >= 0.3 is 0 Å². The van der Waals surface area contributed by atoms with Gasteiger partial charge in [-0.15, -0.1) is 0 Å². The number of carbonyl (C=O) groups is 1. The molecule has 0 saturated heterocycles. The third kappa shape index (κ3) is 3.30. The lowest BCUT2D eigenvalue weighted by atomic mass is 10.1. The van der Waals surface area contributed by atoms with Crippen molar-refractivity contribution in [1.29, 1.82) is 0 Å². The van der Waals surface area contributed by atoms with Crippen LogP contribution in [0.4, 0.5) is 4.39 Å². The maximum atomic E-state index is 11.7. The summed E-state index contributed by atoms with van der Waals surface area (Å²) in [5.74, 6) is 0.107. The van der Waals surface area contributed by atoms with Crippen LogP contribution in [0.1, 0.15) is 25.7 Å². The minimum Gasteiger partial charge on any atom is -0.356 e. The molecule has 0 radical (unpaired) electrons. The first-order chi connectivity index (χ1) is 6.24. The van der Waals surface area contributed by atoms with Crippen molar-refractivity contribution in [2.75, 3.05) is 13.2 Å². The average molecular weight is 188 g/mol. The van der Waals surface area contributed by atoms with Gasteiger partial charge in [0.1, 0.15) is 0 Å². The van der Waals surface area contributed by atoms with Crippen molar-refractivity contribution in [2.45, 2.75) is 31.7 Å². The van der Waals surface area contributed by atoms with Crippen molar-refractivity contribution in [3.8, 4) is 0 Å². The highest BCUT2D eigenvalue weighted by Crippen LogP contribution is 2.23. The number of hydrogen-bond acceptors (Lipinski definition) is 2. The van der Waals surface area contributed by atoms with Crippen LogP contribution in [0.15, 0.2) is 0 Å². The molecule has 1 aliphatic carbocycles. The van der Waals surface area contributed by atoms with Gasteiger partial charge in [-0.1, -0.05) is 0 Å². The molecule has 1 aliphatic rings. The van der Waals surface area contributed by atoms with Crippen LogP contribution >= 0.6 is 0 Å². The van der Waals surface area contributed by atoms with E-state index in [0.29, 0.717) is 13.0 Å². The smallest absolute Gasteiger partial charge is 0.223 e. The molecule has 0 aromatic carbocycles. The van der Waals surface area contributed by atoms with Gasteiger partial charge in [0.25, 0.3) is 0 Å². The molecule has 76 valence electrons. The molecule has 13 heavy (non-hydrogen) atoms. The fourth-order valence-corrected chi connectivity index (χ4v) is 1.68. The van der Waals surface area contributed by atoms with E-state index in [1.807, 2.05) is 0 Å². The third-order valence-electron chi connectivity index (χ3n) is 2.45. The van der Waals surface area contributed by atoms with Crippen LogP contribution in [0.25, 0.3) is 0 Å². The Morgan fingerprint density at radius 2 is 2.31 bits per heavy atom. The zero-order valence-corrected chi connectivity index (χ0v) is 7.76. The largest absolute Gasteiger partial charge is 0.356 e. The molecule has 0 spiro atoms. The van der Waals surface area contributed by atoms with E-state index in [4.69, 9.17) is 5.73 Å². The Balaban J connectivity index is 2.16. The fraction of sp³-hybridized carbons (Fsp3) is 0.889. The lowest BCUT2D eigenvalue weighted by Crippen LogP contribution is -2.31. The predicted molar refractivity (Wildman–Crippen MR) is 48.9 cm³/mol. The summed E-state index contributed by atoms with van der Waals surface area (Å²) in [6.45, 7) is 0.0749. The minimum absolute atomic E-state index is 0.0430. The monoisotopic (exact) mass is 188 g/mol. The minimum atomic E-state index is -0.371. The summed E-state index contributed by atoms with van der Waals surface area (Å²) in [5, 5.41) is 2.71. The second-order valence-electron chi connectivity index (χ2n) is 3.60. The summed E-state index contributed by atoms with van der Waals surface area (Å²) >= 11 is 0. The van der Waals surface area contributed by atoms with Crippen molar-refractivity contribution in [3.63, 3.8) is 0 Å². The highest BCUT2D eigenvalue weighted by atomic mass is 19.1. The Morgan fingerprint density at radius 1 is 1.54 bits per heavy atom. The molecule has 4 heteroatoms. The Bertz CT molecular complexity index is 175. The molecular weight excluding hydrogens is 171 g/mol. The molecule has 0 heterocycles. The number of halogens is 1. The maximum absolute atomic E-state index is 11.7. The maximum Gasteiger partial charge on any atom is 0.223 e. The molecule has 1 amide bonds. The van der Waals surface area contributed by atoms with E-state index in [1.165, 1.54) is 0 Å². The Morgan fingerprint density at radius 3 is 2.85 bits per heavy atom. The molecule has 0 aliphatic heterocycles. The van der Waals surface area contributed by atoms with E-state index in [9.17, 15) is 9.18 Å². The van der Waals surface area contributed by atoms with Crippen LogP contribution in [-0.2, 0) is 4.79 Å². The quantitative estimate of drug-likeness (QED) is 0.634. The average Bonchev–Trinajstić information content (AvgIpc) is 2.52.